The number of ether oxygens (including phenoxy) is 1. The monoisotopic (exact) mass is 250 g/mol. The van der Waals surface area contributed by atoms with Crippen LogP contribution in [0.2, 0.25) is 0 Å². The van der Waals surface area contributed by atoms with Crippen molar-refractivity contribution in [3.63, 3.8) is 0 Å². The standard InChI is InChI=1S/C10H14N2O.2ClH/c1-7-2-3-9(6-12-7)13-10-4-8(11)5-10;;/h2-3,6,8,10H,4-5,11H2,1H3;2*1H. The summed E-state index contributed by atoms with van der Waals surface area (Å²) in [5.74, 6) is 0.850. The zero-order chi connectivity index (χ0) is 9.26. The molecule has 1 fully saturated rings. The molecule has 3 nitrogen and oxygen atoms in total. The van der Waals surface area contributed by atoms with E-state index in [-0.39, 0.29) is 24.8 Å². The first-order valence-corrected chi connectivity index (χ1v) is 4.59. The molecular formula is C10H16Cl2N2O. The maximum atomic E-state index is 5.65. The number of nitrogens with two attached hydrogens (primary N) is 1. The highest BCUT2D eigenvalue weighted by Crippen LogP contribution is 2.23. The summed E-state index contributed by atoms with van der Waals surface area (Å²) in [7, 11) is 0. The smallest absolute Gasteiger partial charge is 0.138 e. The van der Waals surface area contributed by atoms with Gasteiger partial charge in [-0.25, -0.2) is 0 Å². The van der Waals surface area contributed by atoms with Crippen LogP contribution in [0.3, 0.4) is 0 Å². The average Bonchev–Trinajstić information content (AvgIpc) is 2.06. The third-order valence-electron chi connectivity index (χ3n) is 2.32. The summed E-state index contributed by atoms with van der Waals surface area (Å²) < 4.78 is 5.63. The van der Waals surface area contributed by atoms with E-state index in [0.717, 1.165) is 24.3 Å². The third-order valence-corrected chi connectivity index (χ3v) is 2.32. The predicted octanol–water partition coefficient (Wildman–Crippen LogP) is 2.10. The predicted molar refractivity (Wildman–Crippen MR) is 65.1 cm³/mol. The van der Waals surface area contributed by atoms with Gasteiger partial charge in [0.1, 0.15) is 11.9 Å². The van der Waals surface area contributed by atoms with Crippen molar-refractivity contribution < 1.29 is 4.74 Å². The highest BCUT2D eigenvalue weighted by molar-refractivity contribution is 5.85. The molecule has 1 aliphatic carbocycles. The van der Waals surface area contributed by atoms with E-state index in [1.807, 2.05) is 19.1 Å². The molecular weight excluding hydrogens is 235 g/mol. The van der Waals surface area contributed by atoms with Crippen LogP contribution in [0.4, 0.5) is 0 Å². The van der Waals surface area contributed by atoms with E-state index in [2.05, 4.69) is 4.98 Å². The van der Waals surface area contributed by atoms with Crippen molar-refractivity contribution in [1.82, 2.24) is 4.98 Å². The topological polar surface area (TPSA) is 48.1 Å². The van der Waals surface area contributed by atoms with Crippen LogP contribution in [0.15, 0.2) is 18.3 Å². The van der Waals surface area contributed by atoms with Crippen LogP contribution in [0.25, 0.3) is 0 Å². The number of nitrogens with zero attached hydrogens (tertiary/aromatic N) is 1. The Balaban J connectivity index is 0.000000980. The molecule has 1 aliphatic rings. The first-order chi connectivity index (χ1) is 6.24. The second-order valence-electron chi connectivity index (χ2n) is 3.61. The summed E-state index contributed by atoms with van der Waals surface area (Å²) in [4.78, 5) is 4.15. The van der Waals surface area contributed by atoms with Gasteiger partial charge in [-0.2, -0.15) is 0 Å². The Kier molecular flexibility index (Phi) is 5.95. The molecule has 15 heavy (non-hydrogen) atoms. The lowest BCUT2D eigenvalue weighted by Gasteiger charge is -2.32. The Morgan fingerprint density at radius 2 is 2.00 bits per heavy atom. The van der Waals surface area contributed by atoms with E-state index >= 15 is 0 Å². The number of pyridine rings is 1. The molecule has 0 unspecified atom stereocenters. The minimum atomic E-state index is 0. The van der Waals surface area contributed by atoms with Gasteiger partial charge < -0.3 is 10.5 Å². The molecule has 0 aliphatic heterocycles. The van der Waals surface area contributed by atoms with Gasteiger partial charge in [0.05, 0.1) is 6.20 Å². The number of halogens is 2. The summed E-state index contributed by atoms with van der Waals surface area (Å²) in [6.07, 6.45) is 4.00. The van der Waals surface area contributed by atoms with Crippen molar-refractivity contribution in [2.24, 2.45) is 5.73 Å². The molecule has 0 saturated heterocycles. The fourth-order valence-corrected chi connectivity index (χ4v) is 1.42. The zero-order valence-electron chi connectivity index (χ0n) is 8.55. The fourth-order valence-electron chi connectivity index (χ4n) is 1.42. The third kappa shape index (κ3) is 3.86. The van der Waals surface area contributed by atoms with Crippen LogP contribution in [0.1, 0.15) is 18.5 Å². The Morgan fingerprint density at radius 3 is 2.47 bits per heavy atom. The molecule has 1 aromatic rings. The Hall–Kier alpha value is -0.510. The summed E-state index contributed by atoms with van der Waals surface area (Å²) in [6, 6.07) is 4.24. The van der Waals surface area contributed by atoms with Crippen molar-refractivity contribution in [3.8, 4) is 5.75 Å². The summed E-state index contributed by atoms with van der Waals surface area (Å²) in [5.41, 5.74) is 6.66. The molecule has 1 saturated carbocycles. The molecule has 0 aromatic carbocycles. The normalized spacial score (nSPS) is 23.1. The van der Waals surface area contributed by atoms with Gasteiger partial charge in [0, 0.05) is 11.7 Å². The zero-order valence-corrected chi connectivity index (χ0v) is 10.2. The van der Waals surface area contributed by atoms with Gasteiger partial charge in [0.25, 0.3) is 0 Å². The Bertz CT molecular complexity index is 286. The van der Waals surface area contributed by atoms with Crippen LogP contribution >= 0.6 is 24.8 Å². The van der Waals surface area contributed by atoms with Gasteiger partial charge in [-0.15, -0.1) is 24.8 Å². The van der Waals surface area contributed by atoms with Crippen molar-refractivity contribution >= 4 is 24.8 Å². The minimum absolute atomic E-state index is 0. The van der Waals surface area contributed by atoms with Crippen molar-refractivity contribution in [1.29, 1.82) is 0 Å². The first kappa shape index (κ1) is 14.5. The lowest BCUT2D eigenvalue weighted by Crippen LogP contribution is -2.43. The average molecular weight is 251 g/mol. The molecule has 2 rings (SSSR count). The molecule has 0 radical (unpaired) electrons. The van der Waals surface area contributed by atoms with E-state index in [1.165, 1.54) is 0 Å². The number of hydrogen-bond acceptors (Lipinski definition) is 3. The van der Waals surface area contributed by atoms with E-state index < -0.39 is 0 Å². The first-order valence-electron chi connectivity index (χ1n) is 4.59. The number of aromatic nitrogens is 1. The van der Waals surface area contributed by atoms with Gasteiger partial charge in [0.15, 0.2) is 0 Å². The van der Waals surface area contributed by atoms with E-state index in [0.29, 0.717) is 12.1 Å². The second-order valence-corrected chi connectivity index (χ2v) is 3.61. The Labute approximate surface area is 102 Å². The maximum absolute atomic E-state index is 5.65. The fraction of sp³-hybridized carbons (Fsp3) is 0.500. The van der Waals surface area contributed by atoms with Gasteiger partial charge in [-0.1, -0.05) is 0 Å². The van der Waals surface area contributed by atoms with Crippen molar-refractivity contribution in [3.05, 3.63) is 24.0 Å². The van der Waals surface area contributed by atoms with E-state index in [9.17, 15) is 0 Å². The van der Waals surface area contributed by atoms with Gasteiger partial charge in [0.2, 0.25) is 0 Å². The lowest BCUT2D eigenvalue weighted by molar-refractivity contribution is 0.100. The number of hydrogen-bond donors (Lipinski definition) is 1. The number of rotatable bonds is 2. The van der Waals surface area contributed by atoms with E-state index in [4.69, 9.17) is 10.5 Å². The summed E-state index contributed by atoms with van der Waals surface area (Å²) in [5, 5.41) is 0. The van der Waals surface area contributed by atoms with Crippen molar-refractivity contribution in [2.75, 3.05) is 0 Å². The Morgan fingerprint density at radius 1 is 1.33 bits per heavy atom. The maximum Gasteiger partial charge on any atom is 0.138 e. The molecule has 2 N–H and O–H groups in total. The van der Waals surface area contributed by atoms with Crippen LogP contribution in [-0.2, 0) is 0 Å². The highest BCUT2D eigenvalue weighted by atomic mass is 35.5. The quantitative estimate of drug-likeness (QED) is 0.875. The van der Waals surface area contributed by atoms with Crippen LogP contribution in [-0.4, -0.2) is 17.1 Å². The highest BCUT2D eigenvalue weighted by Gasteiger charge is 2.27. The largest absolute Gasteiger partial charge is 0.489 e. The second kappa shape index (κ2) is 6.16. The summed E-state index contributed by atoms with van der Waals surface area (Å²) >= 11 is 0. The number of aryl methyl sites for hydroxylation is 1. The van der Waals surface area contributed by atoms with Crippen LogP contribution in [0.5, 0.6) is 5.75 Å². The van der Waals surface area contributed by atoms with Gasteiger partial charge >= 0.3 is 0 Å². The molecule has 86 valence electrons. The molecule has 1 heterocycles. The SMILES string of the molecule is Cc1ccc(OC2CC(N)C2)cn1.Cl.Cl. The van der Waals surface area contributed by atoms with Gasteiger partial charge in [-0.3, -0.25) is 4.98 Å². The molecule has 0 atom stereocenters. The molecule has 5 heteroatoms. The molecule has 0 bridgehead atoms. The van der Waals surface area contributed by atoms with Gasteiger partial charge in [-0.05, 0) is 31.9 Å². The van der Waals surface area contributed by atoms with E-state index in [1.54, 1.807) is 6.20 Å². The summed E-state index contributed by atoms with van der Waals surface area (Å²) in [6.45, 7) is 1.96. The van der Waals surface area contributed by atoms with Crippen LogP contribution < -0.4 is 10.5 Å². The molecule has 0 spiro atoms. The lowest BCUT2D eigenvalue weighted by atomic mass is 9.90. The minimum Gasteiger partial charge on any atom is -0.489 e. The molecule has 0 amide bonds. The van der Waals surface area contributed by atoms with Crippen LogP contribution in [0, 0.1) is 6.92 Å². The van der Waals surface area contributed by atoms with Crippen molar-refractivity contribution in [2.45, 2.75) is 31.9 Å². The molecule has 1 aromatic heterocycles.